The third kappa shape index (κ3) is 23.6. The molecule has 0 saturated heterocycles. The number of nitrogens with zero attached hydrogens (tertiary/aromatic N) is 4. The van der Waals surface area contributed by atoms with Gasteiger partial charge in [0.05, 0.1) is 70.8 Å². The van der Waals surface area contributed by atoms with Gasteiger partial charge in [0.2, 0.25) is 0 Å². The van der Waals surface area contributed by atoms with E-state index in [9.17, 15) is 52.8 Å². The minimum absolute atomic E-state index is 0.149. The summed E-state index contributed by atoms with van der Waals surface area (Å²) in [6.07, 6.45) is 24.0. The molecule has 0 aliphatic heterocycles. The molecule has 0 spiro atoms. The van der Waals surface area contributed by atoms with E-state index in [0.717, 1.165) is 82.5 Å². The molecule has 0 aromatic heterocycles. The molecule has 7 aliphatic carbocycles. The molecular formula is C94H116N4O16S4. The Balaban J connectivity index is 0.000000155. The molecule has 8 aromatic carbocycles. The first-order valence-electron chi connectivity index (χ1n) is 42.0. The van der Waals surface area contributed by atoms with Crippen LogP contribution in [0.25, 0.3) is 0 Å². The van der Waals surface area contributed by atoms with E-state index in [4.69, 9.17) is 18.9 Å². The van der Waals surface area contributed by atoms with Gasteiger partial charge in [-0.3, -0.25) is 36.4 Å². The molecule has 0 radical (unpaired) electrons. The monoisotopic (exact) mass is 1680 g/mol. The molecule has 0 heterocycles. The third-order valence-electron chi connectivity index (χ3n) is 24.2. The van der Waals surface area contributed by atoms with Crippen molar-refractivity contribution >= 4 is 86.0 Å². The normalized spacial score (nSPS) is 18.5. The summed E-state index contributed by atoms with van der Waals surface area (Å²) in [5.41, 5.74) is 2.43. The number of benzene rings is 8. The summed E-state index contributed by atoms with van der Waals surface area (Å²) in [4.78, 5) is 51.3. The molecule has 7 aliphatic rings. The van der Waals surface area contributed by atoms with E-state index in [1.165, 1.54) is 62.2 Å². The fraction of sp³-hybridized carbons (Fsp3) is 0.447. The van der Waals surface area contributed by atoms with E-state index >= 15 is 0 Å². The lowest BCUT2D eigenvalue weighted by Crippen LogP contribution is -2.48. The van der Waals surface area contributed by atoms with Gasteiger partial charge >= 0.3 is 0 Å². The van der Waals surface area contributed by atoms with Gasteiger partial charge in [0.25, 0.3) is 40.1 Å². The maximum Gasteiger partial charge on any atom is 0.264 e. The van der Waals surface area contributed by atoms with Crippen LogP contribution in [0.4, 0.5) is 22.7 Å². The summed E-state index contributed by atoms with van der Waals surface area (Å²) in [5.74, 6) is 7.15. The molecule has 20 nitrogen and oxygen atoms in total. The van der Waals surface area contributed by atoms with Crippen LogP contribution in [0.1, 0.15) is 167 Å². The van der Waals surface area contributed by atoms with Crippen LogP contribution in [-0.2, 0) is 59.3 Å². The first kappa shape index (κ1) is 89.4. The van der Waals surface area contributed by atoms with E-state index in [0.29, 0.717) is 115 Å². The molecule has 632 valence electrons. The van der Waals surface area contributed by atoms with E-state index in [2.05, 4.69) is 0 Å². The summed E-state index contributed by atoms with van der Waals surface area (Å²) in [5, 5.41) is 0. The van der Waals surface area contributed by atoms with Crippen molar-refractivity contribution in [3.63, 3.8) is 0 Å². The molecule has 8 aromatic rings. The highest BCUT2D eigenvalue weighted by Gasteiger charge is 2.50. The lowest BCUT2D eigenvalue weighted by atomic mass is 9.51. The second-order valence-electron chi connectivity index (χ2n) is 31.9. The highest BCUT2D eigenvalue weighted by molar-refractivity contribution is 7.93. The largest absolute Gasteiger partial charge is 0.497 e. The van der Waals surface area contributed by atoms with E-state index < -0.39 is 40.1 Å². The zero-order valence-corrected chi connectivity index (χ0v) is 71.8. The van der Waals surface area contributed by atoms with Crippen molar-refractivity contribution in [3.8, 4) is 23.0 Å². The van der Waals surface area contributed by atoms with Gasteiger partial charge in [0, 0.05) is 75.5 Å². The number of anilines is 4. The van der Waals surface area contributed by atoms with Gasteiger partial charge in [-0.2, -0.15) is 0 Å². The zero-order chi connectivity index (χ0) is 83.7. The van der Waals surface area contributed by atoms with Crippen molar-refractivity contribution in [2.75, 3.05) is 71.8 Å². The van der Waals surface area contributed by atoms with Crippen LogP contribution in [0.15, 0.2) is 238 Å². The topological polar surface area (TPSA) is 255 Å². The van der Waals surface area contributed by atoms with Crippen LogP contribution in [0.3, 0.4) is 0 Å². The van der Waals surface area contributed by atoms with Crippen molar-refractivity contribution in [2.45, 2.75) is 187 Å². The van der Waals surface area contributed by atoms with Gasteiger partial charge in [-0.05, 0) is 266 Å². The van der Waals surface area contributed by atoms with Crippen LogP contribution in [0, 0.1) is 47.3 Å². The Bertz CT molecular complexity index is 4950. The molecular weight excluding hydrogens is 1570 g/mol. The molecule has 7 saturated carbocycles. The number of carbonyl (C=O) groups is 4. The lowest BCUT2D eigenvalue weighted by molar-refractivity contribution is -0.136. The standard InChI is InChI=1S/C27H33NO4S.C24H31NO4S.C22H27NO4S.C21H25NO4S/c1-32-24-9-11-25(12-10-24)33(30,31)28(23-6-3-2-4-7-23)13-5-8-26(29)27-21-15-19-14-20(17-21)18-22(27)16-19;1-29-22-15-17-23(18-16-22)30(27,28)25(21-12-7-4-8-13-21)19-9-14-24(26)20-10-5-2-3-6-11-20;1-27-20-13-15-21(16-14-20)28(25,26)23(19-10-3-2-4-11-19)17-7-12-22(24)18-8-5-6-9-18;1-26-19-12-14-20(15-13-19)27(24,25)22(18-9-3-2-4-10-18)16-6-11-21(23)17-7-5-8-17/h2-4,6-7,9-12,19-22,27H,5,8,13-18H2,1H3;4,7-8,12-13,15-18,20H,2-3,5-6,9-11,14,19H2,1H3;2-4,10-11,13-16,18H,5-9,12,17H2,1H3;2-4,9-10,12-15,17H,5-8,11,16H2,1H3. The van der Waals surface area contributed by atoms with Gasteiger partial charge in [-0.1, -0.05) is 118 Å². The number of ketones is 4. The quantitative estimate of drug-likeness (QED) is 0.0331. The predicted octanol–water partition coefficient (Wildman–Crippen LogP) is 19.0. The summed E-state index contributed by atoms with van der Waals surface area (Å²) in [7, 11) is -8.76. The fourth-order valence-corrected chi connectivity index (χ4v) is 23.8. The van der Waals surface area contributed by atoms with Crippen LogP contribution in [-0.4, -0.2) is 111 Å². The smallest absolute Gasteiger partial charge is 0.264 e. The number of methoxy groups -OCH3 is 4. The maximum atomic E-state index is 13.5. The number of sulfonamides is 4. The molecule has 24 heteroatoms. The van der Waals surface area contributed by atoms with Crippen LogP contribution < -0.4 is 36.2 Å². The van der Waals surface area contributed by atoms with Crippen LogP contribution in [0.2, 0.25) is 0 Å². The first-order chi connectivity index (χ1) is 57.0. The summed E-state index contributed by atoms with van der Waals surface area (Å²) in [6, 6.07) is 61.9. The highest BCUT2D eigenvalue weighted by Crippen LogP contribution is 2.57. The molecule has 0 N–H and O–H groups in total. The number of Topliss-reactive ketones (excluding diaryl/α,β-unsaturated/α-hetero) is 4. The Morgan fingerprint density at radius 2 is 0.500 bits per heavy atom. The maximum absolute atomic E-state index is 13.5. The van der Waals surface area contributed by atoms with Gasteiger partial charge in [0.1, 0.15) is 46.1 Å². The van der Waals surface area contributed by atoms with Crippen molar-refractivity contribution in [1.29, 1.82) is 0 Å². The molecule has 7 fully saturated rings. The molecule has 118 heavy (non-hydrogen) atoms. The molecule has 0 atom stereocenters. The summed E-state index contributed by atoms with van der Waals surface area (Å²) in [6.45, 7) is 1.11. The third-order valence-corrected chi connectivity index (χ3v) is 31.6. The summed E-state index contributed by atoms with van der Waals surface area (Å²) < 4.78 is 133. The zero-order valence-electron chi connectivity index (χ0n) is 68.6. The minimum atomic E-state index is -3.75. The number of hydrogen-bond donors (Lipinski definition) is 0. The van der Waals surface area contributed by atoms with E-state index in [1.54, 1.807) is 174 Å². The van der Waals surface area contributed by atoms with Crippen molar-refractivity contribution in [3.05, 3.63) is 218 Å². The highest BCUT2D eigenvalue weighted by atomic mass is 32.2. The summed E-state index contributed by atoms with van der Waals surface area (Å²) >= 11 is 0. The van der Waals surface area contributed by atoms with Gasteiger partial charge in [-0.15, -0.1) is 0 Å². The Labute approximate surface area is 700 Å². The first-order valence-corrected chi connectivity index (χ1v) is 47.8. The number of hydrogen-bond acceptors (Lipinski definition) is 16. The molecule has 4 bridgehead atoms. The van der Waals surface area contributed by atoms with Crippen molar-refractivity contribution in [2.24, 2.45) is 47.3 Å². The van der Waals surface area contributed by atoms with Crippen molar-refractivity contribution < 1.29 is 71.8 Å². The average Bonchev–Trinajstić information content (AvgIpc) is 0.805. The second-order valence-corrected chi connectivity index (χ2v) is 39.3. The predicted molar refractivity (Wildman–Crippen MR) is 464 cm³/mol. The fourth-order valence-electron chi connectivity index (χ4n) is 17.8. The number of para-hydroxylation sites is 4. The number of rotatable bonds is 36. The van der Waals surface area contributed by atoms with E-state index in [-0.39, 0.29) is 86.8 Å². The van der Waals surface area contributed by atoms with Gasteiger partial charge in [-0.25, -0.2) is 33.7 Å². The van der Waals surface area contributed by atoms with E-state index in [1.807, 2.05) is 72.8 Å². The van der Waals surface area contributed by atoms with Crippen LogP contribution >= 0.6 is 0 Å². The number of carbonyl (C=O) groups excluding carboxylic acids is 4. The Morgan fingerprint density at radius 3 is 0.720 bits per heavy atom. The molecule has 0 amide bonds. The number of ether oxygens (including phenoxy) is 4. The minimum Gasteiger partial charge on any atom is -0.497 e. The Kier molecular flexibility index (Phi) is 32.6. The van der Waals surface area contributed by atoms with Gasteiger partial charge in [0.15, 0.2) is 0 Å². The Hall–Kier alpha value is -9.36. The van der Waals surface area contributed by atoms with Gasteiger partial charge < -0.3 is 18.9 Å². The SMILES string of the molecule is COc1ccc(S(=O)(=O)N(CCCC(=O)C2C3CC4CC(C3)CC2C4)c2ccccc2)cc1.COc1ccc(S(=O)(=O)N(CCCC(=O)C2CCC2)c2ccccc2)cc1.COc1ccc(S(=O)(=O)N(CCCC(=O)C2CCCC2)c2ccccc2)cc1.COc1ccc(S(=O)(=O)N(CCCC(=O)C2CCCCCC2)c2ccccc2)cc1. The van der Waals surface area contributed by atoms with Crippen LogP contribution in [0.5, 0.6) is 23.0 Å². The Morgan fingerprint density at radius 1 is 0.280 bits per heavy atom. The second kappa shape index (κ2) is 43.0. The van der Waals surface area contributed by atoms with Crippen molar-refractivity contribution in [1.82, 2.24) is 0 Å². The molecule has 15 rings (SSSR count). The molecule has 0 unspecified atom stereocenters. The lowest BCUT2D eigenvalue weighted by Gasteiger charge is -2.53. The average molecular weight is 1690 g/mol.